The number of carbonyl (C=O) groups excluding carboxylic acids is 2. The predicted octanol–water partition coefficient (Wildman–Crippen LogP) is 3.99. The summed E-state index contributed by atoms with van der Waals surface area (Å²) in [6.07, 6.45) is 3.03. The van der Waals surface area contributed by atoms with E-state index in [0.29, 0.717) is 17.0 Å². The molecular formula is C24H23N3O4. The van der Waals surface area contributed by atoms with Crippen LogP contribution >= 0.6 is 0 Å². The van der Waals surface area contributed by atoms with E-state index >= 15 is 0 Å². The Morgan fingerprint density at radius 1 is 1.13 bits per heavy atom. The molecule has 2 amide bonds. The minimum absolute atomic E-state index is 0.128. The molecule has 0 bridgehead atoms. The Balaban J connectivity index is 1.61. The lowest BCUT2D eigenvalue weighted by Gasteiger charge is -2.10. The quantitative estimate of drug-likeness (QED) is 0.455. The third-order valence-electron chi connectivity index (χ3n) is 5.47. The Morgan fingerprint density at radius 3 is 2.61 bits per heavy atom. The SMILES string of the molecule is Cc1cc2occ(CC(=O)Nc3ccc4c(C(N)=O)c[nH]c(=O)c4c3)c2cc1C(C)C. The van der Waals surface area contributed by atoms with Gasteiger partial charge in [0.15, 0.2) is 0 Å². The van der Waals surface area contributed by atoms with Crippen LogP contribution in [0.1, 0.15) is 46.8 Å². The van der Waals surface area contributed by atoms with Gasteiger partial charge in [-0.25, -0.2) is 0 Å². The zero-order valence-corrected chi connectivity index (χ0v) is 17.5. The highest BCUT2D eigenvalue weighted by Crippen LogP contribution is 2.29. The maximum absolute atomic E-state index is 12.7. The van der Waals surface area contributed by atoms with E-state index < -0.39 is 5.91 Å². The average Bonchev–Trinajstić information content (AvgIpc) is 3.08. The summed E-state index contributed by atoms with van der Waals surface area (Å²) < 4.78 is 5.66. The van der Waals surface area contributed by atoms with Crippen LogP contribution in [-0.4, -0.2) is 16.8 Å². The maximum Gasteiger partial charge on any atom is 0.255 e. The predicted molar refractivity (Wildman–Crippen MR) is 120 cm³/mol. The first-order chi connectivity index (χ1) is 14.7. The largest absolute Gasteiger partial charge is 0.464 e. The molecule has 0 spiro atoms. The van der Waals surface area contributed by atoms with Gasteiger partial charge in [-0.2, -0.15) is 0 Å². The minimum Gasteiger partial charge on any atom is -0.464 e. The van der Waals surface area contributed by atoms with E-state index in [1.807, 2.05) is 6.07 Å². The highest BCUT2D eigenvalue weighted by atomic mass is 16.3. The van der Waals surface area contributed by atoms with Crippen LogP contribution in [0.15, 0.2) is 52.0 Å². The van der Waals surface area contributed by atoms with Crippen molar-refractivity contribution in [3.63, 3.8) is 0 Å². The molecule has 2 aromatic heterocycles. The Bertz CT molecular complexity index is 1400. The van der Waals surface area contributed by atoms with Gasteiger partial charge < -0.3 is 20.5 Å². The van der Waals surface area contributed by atoms with Gasteiger partial charge in [-0.15, -0.1) is 0 Å². The molecule has 0 saturated carbocycles. The van der Waals surface area contributed by atoms with Crippen molar-refractivity contribution in [1.82, 2.24) is 4.98 Å². The second kappa shape index (κ2) is 7.75. The number of amides is 2. The number of anilines is 1. The summed E-state index contributed by atoms with van der Waals surface area (Å²) in [5.74, 6) is -0.515. The molecule has 0 atom stereocenters. The van der Waals surface area contributed by atoms with E-state index in [0.717, 1.165) is 22.1 Å². The molecule has 0 fully saturated rings. The summed E-state index contributed by atoms with van der Waals surface area (Å²) in [7, 11) is 0. The van der Waals surface area contributed by atoms with Crippen LogP contribution in [0.25, 0.3) is 21.7 Å². The molecule has 0 saturated heterocycles. The number of aromatic amines is 1. The summed E-state index contributed by atoms with van der Waals surface area (Å²) in [6.45, 7) is 6.31. The van der Waals surface area contributed by atoms with Crippen LogP contribution in [0, 0.1) is 6.92 Å². The fourth-order valence-corrected chi connectivity index (χ4v) is 3.92. The Labute approximate surface area is 178 Å². The molecular weight excluding hydrogens is 394 g/mol. The number of pyridine rings is 1. The zero-order chi connectivity index (χ0) is 22.3. The van der Waals surface area contributed by atoms with Crippen molar-refractivity contribution < 1.29 is 14.0 Å². The van der Waals surface area contributed by atoms with Crippen LogP contribution < -0.4 is 16.6 Å². The van der Waals surface area contributed by atoms with Crippen molar-refractivity contribution in [2.75, 3.05) is 5.32 Å². The van der Waals surface area contributed by atoms with E-state index in [1.54, 1.807) is 18.4 Å². The van der Waals surface area contributed by atoms with E-state index in [4.69, 9.17) is 10.2 Å². The first kappa shape index (κ1) is 20.4. The number of primary amides is 1. The van der Waals surface area contributed by atoms with Gasteiger partial charge in [0.2, 0.25) is 5.91 Å². The first-order valence-electron chi connectivity index (χ1n) is 10.0. The summed E-state index contributed by atoms with van der Waals surface area (Å²) in [6, 6.07) is 8.86. The smallest absolute Gasteiger partial charge is 0.255 e. The number of aryl methyl sites for hydroxylation is 1. The number of H-pyrrole nitrogens is 1. The van der Waals surface area contributed by atoms with Crippen LogP contribution in [0.3, 0.4) is 0 Å². The van der Waals surface area contributed by atoms with Gasteiger partial charge in [-0.05, 0) is 48.2 Å². The lowest BCUT2D eigenvalue weighted by Crippen LogP contribution is -2.17. The summed E-state index contributed by atoms with van der Waals surface area (Å²) >= 11 is 0. The number of nitrogens with two attached hydrogens (primary N) is 1. The van der Waals surface area contributed by atoms with Crippen molar-refractivity contribution in [2.24, 2.45) is 5.73 Å². The van der Waals surface area contributed by atoms with Gasteiger partial charge in [-0.1, -0.05) is 19.9 Å². The fourth-order valence-electron chi connectivity index (χ4n) is 3.92. The van der Waals surface area contributed by atoms with Crippen molar-refractivity contribution in [1.29, 1.82) is 0 Å². The van der Waals surface area contributed by atoms with Crippen molar-refractivity contribution in [3.05, 3.63) is 75.4 Å². The topological polar surface area (TPSA) is 118 Å². The van der Waals surface area contributed by atoms with Gasteiger partial charge in [0.1, 0.15) is 5.58 Å². The van der Waals surface area contributed by atoms with Crippen LogP contribution in [0.2, 0.25) is 0 Å². The molecule has 7 nitrogen and oxygen atoms in total. The Kier molecular flexibility index (Phi) is 5.10. The highest BCUT2D eigenvalue weighted by molar-refractivity contribution is 6.07. The molecule has 2 aromatic carbocycles. The molecule has 0 aliphatic rings. The van der Waals surface area contributed by atoms with Crippen LogP contribution in [0.5, 0.6) is 0 Å². The van der Waals surface area contributed by atoms with E-state index in [1.165, 1.54) is 17.8 Å². The fraction of sp³-hybridized carbons (Fsp3) is 0.208. The highest BCUT2D eigenvalue weighted by Gasteiger charge is 2.15. The standard InChI is InChI=1S/C24H23N3O4/c1-12(2)17-9-18-14(11-31-21(18)6-13(17)3)7-22(28)27-15-4-5-16-19(8-15)24(30)26-10-20(16)23(25)29/h4-6,8-12H,7H2,1-3H3,(H2,25,29)(H,26,30)(H,27,28). The maximum atomic E-state index is 12.7. The number of nitrogens with one attached hydrogen (secondary N) is 2. The Hall–Kier alpha value is -3.87. The molecule has 4 aromatic rings. The molecule has 4 rings (SSSR count). The molecule has 0 radical (unpaired) electrons. The molecule has 0 aliphatic carbocycles. The van der Waals surface area contributed by atoms with Crippen LogP contribution in [0.4, 0.5) is 5.69 Å². The third kappa shape index (κ3) is 3.82. The van der Waals surface area contributed by atoms with Gasteiger partial charge in [0.05, 0.1) is 18.2 Å². The minimum atomic E-state index is -0.638. The lowest BCUT2D eigenvalue weighted by molar-refractivity contribution is -0.115. The Morgan fingerprint density at radius 2 is 1.90 bits per heavy atom. The van der Waals surface area contributed by atoms with E-state index in [9.17, 15) is 14.4 Å². The second-order valence-electron chi connectivity index (χ2n) is 8.00. The number of hydrogen-bond donors (Lipinski definition) is 3. The molecule has 7 heteroatoms. The first-order valence-corrected chi connectivity index (χ1v) is 10.0. The van der Waals surface area contributed by atoms with Gasteiger partial charge in [0.25, 0.3) is 11.5 Å². The zero-order valence-electron chi connectivity index (χ0n) is 17.5. The molecule has 0 unspecified atom stereocenters. The van der Waals surface area contributed by atoms with Gasteiger partial charge >= 0.3 is 0 Å². The number of rotatable bonds is 5. The van der Waals surface area contributed by atoms with Crippen molar-refractivity contribution >= 4 is 39.2 Å². The molecule has 0 aliphatic heterocycles. The molecule has 158 valence electrons. The summed E-state index contributed by atoms with van der Waals surface area (Å²) in [4.78, 5) is 38.9. The number of furan rings is 1. The van der Waals surface area contributed by atoms with Gasteiger partial charge in [-0.3, -0.25) is 14.4 Å². The average molecular weight is 417 g/mol. The van der Waals surface area contributed by atoms with Gasteiger partial charge in [0, 0.05) is 33.6 Å². The van der Waals surface area contributed by atoms with Crippen molar-refractivity contribution in [3.8, 4) is 0 Å². The summed E-state index contributed by atoms with van der Waals surface area (Å²) in [5.41, 5.74) is 9.59. The number of benzene rings is 2. The number of hydrogen-bond acceptors (Lipinski definition) is 4. The monoisotopic (exact) mass is 417 g/mol. The third-order valence-corrected chi connectivity index (χ3v) is 5.47. The lowest BCUT2D eigenvalue weighted by atomic mass is 9.95. The second-order valence-corrected chi connectivity index (χ2v) is 8.00. The number of fused-ring (bicyclic) bond motifs is 2. The number of carbonyl (C=O) groups is 2. The molecule has 2 heterocycles. The van der Waals surface area contributed by atoms with E-state index in [-0.39, 0.29) is 28.8 Å². The van der Waals surface area contributed by atoms with E-state index in [2.05, 4.69) is 37.1 Å². The normalized spacial score (nSPS) is 11.4. The molecule has 4 N–H and O–H groups in total. The molecule has 31 heavy (non-hydrogen) atoms. The number of aromatic nitrogens is 1. The summed E-state index contributed by atoms with van der Waals surface area (Å²) in [5, 5.41) is 4.45. The van der Waals surface area contributed by atoms with Crippen LogP contribution in [-0.2, 0) is 11.2 Å². The van der Waals surface area contributed by atoms with Crippen molar-refractivity contribution in [2.45, 2.75) is 33.1 Å².